The monoisotopic (exact) mass is 457 g/mol. The molecule has 1 aliphatic rings. The SMILES string of the molecule is CCc1ccc(-c2c(C#N)c(N)nc3sc(C(=O)Nc4ccc5c(c4)OCO5)c(N)c23)cc1. The molecule has 8 nitrogen and oxygen atoms in total. The number of carbonyl (C=O) groups excluding carboxylic acids is 1. The van der Waals surface area contributed by atoms with Gasteiger partial charge in [0.25, 0.3) is 5.91 Å². The molecule has 0 saturated carbocycles. The number of pyridine rings is 1. The second-order valence-corrected chi connectivity index (χ2v) is 8.46. The van der Waals surface area contributed by atoms with Gasteiger partial charge in [-0.3, -0.25) is 4.79 Å². The molecule has 9 heteroatoms. The summed E-state index contributed by atoms with van der Waals surface area (Å²) in [5.74, 6) is 0.891. The molecule has 5 rings (SSSR count). The minimum atomic E-state index is -0.390. The van der Waals surface area contributed by atoms with Gasteiger partial charge in [0.15, 0.2) is 11.5 Å². The fraction of sp³-hybridized carbons (Fsp3) is 0.125. The van der Waals surface area contributed by atoms with Crippen molar-refractivity contribution in [3.63, 3.8) is 0 Å². The summed E-state index contributed by atoms with van der Waals surface area (Å²) in [7, 11) is 0. The van der Waals surface area contributed by atoms with Gasteiger partial charge in [0.1, 0.15) is 27.2 Å². The van der Waals surface area contributed by atoms with E-state index in [4.69, 9.17) is 20.9 Å². The maximum Gasteiger partial charge on any atom is 0.267 e. The third kappa shape index (κ3) is 3.46. The first-order chi connectivity index (χ1) is 16.0. The Bertz CT molecular complexity index is 1450. The van der Waals surface area contributed by atoms with E-state index in [-0.39, 0.29) is 28.7 Å². The number of aromatic nitrogens is 1. The Hall–Kier alpha value is -4.29. The number of nitriles is 1. The van der Waals surface area contributed by atoms with Gasteiger partial charge < -0.3 is 26.3 Å². The second kappa shape index (κ2) is 8.00. The van der Waals surface area contributed by atoms with E-state index in [9.17, 15) is 10.1 Å². The Labute approximate surface area is 193 Å². The molecule has 0 atom stereocenters. The van der Waals surface area contributed by atoms with Crippen LogP contribution < -0.4 is 26.3 Å². The summed E-state index contributed by atoms with van der Waals surface area (Å²) in [5.41, 5.74) is 16.1. The van der Waals surface area contributed by atoms with Crippen LogP contribution in [0, 0.1) is 11.3 Å². The summed E-state index contributed by atoms with van der Waals surface area (Å²) >= 11 is 1.13. The van der Waals surface area contributed by atoms with Crippen LogP contribution in [0.3, 0.4) is 0 Å². The highest BCUT2D eigenvalue weighted by atomic mass is 32.1. The summed E-state index contributed by atoms with van der Waals surface area (Å²) in [6.45, 7) is 2.21. The number of thiophene rings is 1. The first-order valence-corrected chi connectivity index (χ1v) is 11.0. The summed E-state index contributed by atoms with van der Waals surface area (Å²) in [4.78, 5) is 18.2. The van der Waals surface area contributed by atoms with E-state index in [2.05, 4.69) is 23.3 Å². The van der Waals surface area contributed by atoms with Crippen molar-refractivity contribution in [1.29, 1.82) is 5.26 Å². The predicted octanol–water partition coefficient (Wildman–Crippen LogP) is 4.54. The molecular weight excluding hydrogens is 438 g/mol. The first kappa shape index (κ1) is 20.6. The number of benzene rings is 2. The van der Waals surface area contributed by atoms with Gasteiger partial charge >= 0.3 is 0 Å². The third-order valence-electron chi connectivity index (χ3n) is 5.50. The highest BCUT2D eigenvalue weighted by Crippen LogP contribution is 2.43. The van der Waals surface area contributed by atoms with Crippen LogP contribution in [0.1, 0.15) is 27.7 Å². The molecule has 0 bridgehead atoms. The average molecular weight is 458 g/mol. The highest BCUT2D eigenvalue weighted by Gasteiger charge is 2.25. The van der Waals surface area contributed by atoms with Crippen LogP contribution in [0.15, 0.2) is 42.5 Å². The Balaban J connectivity index is 1.61. The lowest BCUT2D eigenvalue weighted by Gasteiger charge is -2.10. The summed E-state index contributed by atoms with van der Waals surface area (Å²) in [5, 5.41) is 13.2. The molecule has 164 valence electrons. The maximum absolute atomic E-state index is 13.1. The number of carbonyl (C=O) groups is 1. The van der Waals surface area contributed by atoms with Crippen molar-refractivity contribution < 1.29 is 14.3 Å². The zero-order chi connectivity index (χ0) is 23.1. The lowest BCUT2D eigenvalue weighted by molar-refractivity contribution is 0.103. The van der Waals surface area contributed by atoms with Crippen molar-refractivity contribution in [3.8, 4) is 28.7 Å². The molecule has 5 N–H and O–H groups in total. The van der Waals surface area contributed by atoms with Gasteiger partial charge in [-0.2, -0.15) is 5.26 Å². The lowest BCUT2D eigenvalue weighted by Crippen LogP contribution is -2.12. The summed E-state index contributed by atoms with van der Waals surface area (Å²) in [6.07, 6.45) is 0.893. The van der Waals surface area contributed by atoms with Gasteiger partial charge in [-0.05, 0) is 29.7 Å². The van der Waals surface area contributed by atoms with E-state index in [1.807, 2.05) is 24.3 Å². The van der Waals surface area contributed by atoms with Gasteiger partial charge in [-0.15, -0.1) is 11.3 Å². The minimum absolute atomic E-state index is 0.101. The van der Waals surface area contributed by atoms with Crippen LogP contribution in [0.5, 0.6) is 11.5 Å². The fourth-order valence-electron chi connectivity index (χ4n) is 3.81. The minimum Gasteiger partial charge on any atom is -0.454 e. The number of anilines is 3. The van der Waals surface area contributed by atoms with E-state index in [0.29, 0.717) is 33.0 Å². The van der Waals surface area contributed by atoms with Crippen molar-refractivity contribution >= 4 is 44.7 Å². The van der Waals surface area contributed by atoms with E-state index >= 15 is 0 Å². The number of amides is 1. The van der Waals surface area contributed by atoms with Crippen LogP contribution in [-0.4, -0.2) is 17.7 Å². The number of hydrogen-bond donors (Lipinski definition) is 3. The maximum atomic E-state index is 13.1. The van der Waals surface area contributed by atoms with Crippen molar-refractivity contribution in [2.75, 3.05) is 23.6 Å². The predicted molar refractivity (Wildman–Crippen MR) is 128 cm³/mol. The Morgan fingerprint density at radius 3 is 2.67 bits per heavy atom. The molecule has 4 aromatic rings. The number of nitrogens with two attached hydrogens (primary N) is 2. The van der Waals surface area contributed by atoms with Gasteiger partial charge in [-0.1, -0.05) is 31.2 Å². The molecule has 0 fully saturated rings. The molecule has 1 aliphatic heterocycles. The van der Waals surface area contributed by atoms with Crippen LogP contribution in [0.25, 0.3) is 21.3 Å². The molecule has 0 aliphatic carbocycles. The number of nitrogens with one attached hydrogen (secondary N) is 1. The molecular formula is C24H19N5O3S. The van der Waals surface area contributed by atoms with Crippen LogP contribution in [0.4, 0.5) is 17.2 Å². The average Bonchev–Trinajstić information content (AvgIpc) is 3.42. The zero-order valence-electron chi connectivity index (χ0n) is 17.6. The van der Waals surface area contributed by atoms with Crippen molar-refractivity contribution in [3.05, 3.63) is 58.5 Å². The van der Waals surface area contributed by atoms with Crippen molar-refractivity contribution in [1.82, 2.24) is 4.98 Å². The van der Waals surface area contributed by atoms with Crippen LogP contribution in [0.2, 0.25) is 0 Å². The van der Waals surface area contributed by atoms with Crippen LogP contribution >= 0.6 is 11.3 Å². The van der Waals surface area contributed by atoms with Gasteiger partial charge in [0, 0.05) is 22.7 Å². The Morgan fingerprint density at radius 1 is 1.18 bits per heavy atom. The van der Waals surface area contributed by atoms with E-state index < -0.39 is 5.91 Å². The summed E-state index contributed by atoms with van der Waals surface area (Å²) < 4.78 is 10.7. The summed E-state index contributed by atoms with van der Waals surface area (Å²) in [6, 6.07) is 15.1. The molecule has 3 heterocycles. The normalized spacial score (nSPS) is 12.0. The number of fused-ring (bicyclic) bond motifs is 2. The number of aryl methyl sites for hydroxylation is 1. The molecule has 0 saturated heterocycles. The molecule has 1 amide bonds. The van der Waals surface area contributed by atoms with Crippen molar-refractivity contribution in [2.45, 2.75) is 13.3 Å². The first-order valence-electron chi connectivity index (χ1n) is 10.2. The highest BCUT2D eigenvalue weighted by molar-refractivity contribution is 7.21. The second-order valence-electron chi connectivity index (χ2n) is 7.46. The topological polar surface area (TPSA) is 136 Å². The van der Waals surface area contributed by atoms with Gasteiger partial charge in [-0.25, -0.2) is 4.98 Å². The molecule has 0 spiro atoms. The molecule has 33 heavy (non-hydrogen) atoms. The fourth-order valence-corrected chi connectivity index (χ4v) is 4.82. The zero-order valence-corrected chi connectivity index (χ0v) is 18.5. The number of rotatable bonds is 4. The third-order valence-corrected chi connectivity index (χ3v) is 6.60. The molecule has 2 aromatic carbocycles. The molecule has 0 unspecified atom stereocenters. The number of nitrogens with zero attached hydrogens (tertiary/aromatic N) is 2. The Kier molecular flexibility index (Phi) is 4.99. The molecule has 0 radical (unpaired) electrons. The lowest BCUT2D eigenvalue weighted by atomic mass is 9.96. The van der Waals surface area contributed by atoms with Crippen LogP contribution in [-0.2, 0) is 6.42 Å². The van der Waals surface area contributed by atoms with Crippen molar-refractivity contribution in [2.24, 2.45) is 0 Å². The smallest absolute Gasteiger partial charge is 0.267 e. The van der Waals surface area contributed by atoms with Gasteiger partial charge in [0.05, 0.1) is 5.69 Å². The van der Waals surface area contributed by atoms with E-state index in [0.717, 1.165) is 28.9 Å². The number of nitrogen functional groups attached to an aromatic ring is 2. The van der Waals surface area contributed by atoms with E-state index in [1.54, 1.807) is 18.2 Å². The number of hydrogen-bond acceptors (Lipinski definition) is 8. The quantitative estimate of drug-likeness (QED) is 0.409. The number of ether oxygens (including phenoxy) is 2. The largest absolute Gasteiger partial charge is 0.454 e. The van der Waals surface area contributed by atoms with Gasteiger partial charge in [0.2, 0.25) is 6.79 Å². The Morgan fingerprint density at radius 2 is 1.94 bits per heavy atom. The molecule has 2 aromatic heterocycles. The van der Waals surface area contributed by atoms with E-state index in [1.165, 1.54) is 0 Å². The standard InChI is InChI=1S/C24H19N5O3S/c1-2-12-3-5-13(6-4-12)18-15(10-25)22(27)29-24-19(18)20(26)21(33-24)23(30)28-14-7-8-16-17(9-14)32-11-31-16/h3-9H,2,11,26H2,1H3,(H2,27,29)(H,28,30).